The smallest absolute Gasteiger partial charge is 0.315 e. The van der Waals surface area contributed by atoms with Crippen LogP contribution in [0, 0.1) is 5.41 Å². The minimum Gasteiger partial charge on any atom is -0.481 e. The molecule has 0 aromatic carbocycles. The monoisotopic (exact) mass is 288 g/mol. The lowest BCUT2D eigenvalue weighted by molar-refractivity contribution is -0.153. The van der Waals surface area contributed by atoms with Crippen LogP contribution in [0.1, 0.15) is 32.1 Å². The molecule has 0 atom stereocenters. The molecule has 2 aliphatic rings. The van der Waals surface area contributed by atoms with Crippen LogP contribution in [-0.2, 0) is 15.6 Å². The lowest BCUT2D eigenvalue weighted by Crippen LogP contribution is -2.51. The largest absolute Gasteiger partial charge is 0.481 e. The maximum absolute atomic E-state index is 11.7. The number of hydrogen-bond acceptors (Lipinski definition) is 3. The van der Waals surface area contributed by atoms with Gasteiger partial charge in [0.15, 0.2) is 0 Å². The zero-order chi connectivity index (χ0) is 13.9. The molecule has 1 saturated heterocycles. The molecule has 1 heterocycles. The second-order valence-electron chi connectivity index (χ2n) is 5.39. The fourth-order valence-electron chi connectivity index (χ4n) is 2.49. The van der Waals surface area contributed by atoms with E-state index in [1.165, 1.54) is 0 Å². The Morgan fingerprint density at radius 3 is 2.37 bits per heavy atom. The van der Waals surface area contributed by atoms with Gasteiger partial charge in [0.1, 0.15) is 0 Å². The first-order chi connectivity index (χ1) is 9.02. The molecular weight excluding hydrogens is 268 g/mol. The highest BCUT2D eigenvalue weighted by Crippen LogP contribution is 2.40. The summed E-state index contributed by atoms with van der Waals surface area (Å²) < 4.78 is 11.2. The summed E-state index contributed by atoms with van der Waals surface area (Å²) in [6, 6.07) is -0.259. The van der Waals surface area contributed by atoms with Crippen molar-refractivity contribution in [1.29, 1.82) is 0 Å². The summed E-state index contributed by atoms with van der Waals surface area (Å²) in [5, 5.41) is 14.6. The highest BCUT2D eigenvalue weighted by atomic mass is 32.2. The standard InChI is InChI=1S/C12H20N2O4S/c15-10(16)12(4-1-5-12)8-13-11(17)14-9-2-6-19(18)7-3-9/h9H,1-8H2,(H,15,16)(H2,13,14,17). The molecule has 0 bridgehead atoms. The Bertz CT molecular complexity index is 385. The van der Waals surface area contributed by atoms with Gasteiger partial charge in [-0.2, -0.15) is 0 Å². The number of hydrogen-bond donors (Lipinski definition) is 3. The number of carboxylic acids is 1. The fraction of sp³-hybridized carbons (Fsp3) is 0.833. The Hall–Kier alpha value is -1.11. The maximum Gasteiger partial charge on any atom is 0.315 e. The minimum atomic E-state index is -0.827. The Balaban J connectivity index is 1.72. The van der Waals surface area contributed by atoms with E-state index in [2.05, 4.69) is 10.6 Å². The average Bonchev–Trinajstić information content (AvgIpc) is 2.30. The van der Waals surface area contributed by atoms with Gasteiger partial charge in [0.2, 0.25) is 0 Å². The van der Waals surface area contributed by atoms with Crippen LogP contribution >= 0.6 is 0 Å². The maximum atomic E-state index is 11.7. The molecule has 19 heavy (non-hydrogen) atoms. The molecule has 3 N–H and O–H groups in total. The SMILES string of the molecule is O=C(NCC1(C(=O)O)CCC1)NC1CCS(=O)CC1. The molecule has 0 unspecified atom stereocenters. The van der Waals surface area contributed by atoms with E-state index in [1.807, 2.05) is 0 Å². The first kappa shape index (κ1) is 14.3. The third-order valence-electron chi connectivity index (χ3n) is 4.07. The Kier molecular flexibility index (Phi) is 4.44. The zero-order valence-corrected chi connectivity index (χ0v) is 11.6. The Morgan fingerprint density at radius 2 is 1.89 bits per heavy atom. The van der Waals surface area contributed by atoms with Crippen molar-refractivity contribution in [3.05, 3.63) is 0 Å². The molecule has 2 amide bonds. The lowest BCUT2D eigenvalue weighted by atomic mass is 9.69. The number of carboxylic acid groups (broad SMARTS) is 1. The average molecular weight is 288 g/mol. The van der Waals surface area contributed by atoms with E-state index in [1.54, 1.807) is 0 Å². The molecule has 0 aromatic rings. The summed E-state index contributed by atoms with van der Waals surface area (Å²) in [7, 11) is -0.741. The molecule has 0 spiro atoms. The Morgan fingerprint density at radius 1 is 1.26 bits per heavy atom. The van der Waals surface area contributed by atoms with Crippen LogP contribution in [0.15, 0.2) is 0 Å². The number of rotatable bonds is 4. The summed E-state index contributed by atoms with van der Waals surface area (Å²) in [5.41, 5.74) is -0.759. The molecule has 1 aliphatic carbocycles. The third kappa shape index (κ3) is 3.46. The van der Waals surface area contributed by atoms with Crippen molar-refractivity contribution in [1.82, 2.24) is 10.6 Å². The number of aliphatic carboxylic acids is 1. The Labute approximate surface area is 114 Å². The van der Waals surface area contributed by atoms with Crippen LogP contribution in [0.5, 0.6) is 0 Å². The van der Waals surface area contributed by atoms with E-state index in [4.69, 9.17) is 5.11 Å². The quantitative estimate of drug-likeness (QED) is 0.700. The first-order valence-corrected chi connectivity index (χ1v) is 8.13. The van der Waals surface area contributed by atoms with Gasteiger partial charge in [0.25, 0.3) is 0 Å². The van der Waals surface area contributed by atoms with Crippen LogP contribution < -0.4 is 10.6 Å². The zero-order valence-electron chi connectivity index (χ0n) is 10.8. The minimum absolute atomic E-state index is 0.0554. The van der Waals surface area contributed by atoms with E-state index >= 15 is 0 Å². The molecule has 1 saturated carbocycles. The lowest BCUT2D eigenvalue weighted by Gasteiger charge is -2.37. The van der Waals surface area contributed by atoms with Gasteiger partial charge in [0.05, 0.1) is 5.41 Å². The van der Waals surface area contributed by atoms with Crippen LogP contribution in [0.4, 0.5) is 4.79 Å². The van der Waals surface area contributed by atoms with Gasteiger partial charge in [-0.3, -0.25) is 9.00 Å². The summed E-state index contributed by atoms with van der Waals surface area (Å²) in [4.78, 5) is 22.8. The first-order valence-electron chi connectivity index (χ1n) is 6.65. The highest BCUT2D eigenvalue weighted by molar-refractivity contribution is 7.85. The molecule has 0 aromatic heterocycles. The molecule has 6 nitrogen and oxygen atoms in total. The van der Waals surface area contributed by atoms with Gasteiger partial charge in [-0.1, -0.05) is 6.42 Å². The predicted octanol–water partition coefficient (Wildman–Crippen LogP) is 0.452. The molecule has 0 radical (unpaired) electrons. The van der Waals surface area contributed by atoms with Gasteiger partial charge < -0.3 is 15.7 Å². The van der Waals surface area contributed by atoms with Crippen molar-refractivity contribution >= 4 is 22.8 Å². The van der Waals surface area contributed by atoms with Gasteiger partial charge in [-0.25, -0.2) is 4.79 Å². The number of nitrogens with one attached hydrogen (secondary N) is 2. The molecule has 1 aliphatic heterocycles. The van der Waals surface area contributed by atoms with E-state index in [0.717, 1.165) is 19.3 Å². The predicted molar refractivity (Wildman–Crippen MR) is 71.4 cm³/mol. The van der Waals surface area contributed by atoms with Gasteiger partial charge in [-0.15, -0.1) is 0 Å². The molecule has 2 fully saturated rings. The summed E-state index contributed by atoms with van der Waals surface area (Å²) in [6.07, 6.45) is 3.62. The second-order valence-corrected chi connectivity index (χ2v) is 7.08. The second kappa shape index (κ2) is 5.90. The van der Waals surface area contributed by atoms with E-state index in [-0.39, 0.29) is 18.6 Å². The van der Waals surface area contributed by atoms with Crippen LogP contribution in [0.25, 0.3) is 0 Å². The third-order valence-corrected chi connectivity index (χ3v) is 5.46. The molecule has 7 heteroatoms. The number of urea groups is 1. The number of carbonyl (C=O) groups is 2. The molecule has 108 valence electrons. The van der Waals surface area contributed by atoms with Crippen molar-refractivity contribution in [2.45, 2.75) is 38.1 Å². The van der Waals surface area contributed by atoms with Gasteiger partial charge in [0, 0.05) is 34.9 Å². The van der Waals surface area contributed by atoms with Crippen molar-refractivity contribution in [3.63, 3.8) is 0 Å². The van der Waals surface area contributed by atoms with Crippen molar-refractivity contribution in [3.8, 4) is 0 Å². The van der Waals surface area contributed by atoms with Crippen molar-refractivity contribution in [2.75, 3.05) is 18.1 Å². The number of amides is 2. The van der Waals surface area contributed by atoms with E-state index in [9.17, 15) is 13.8 Å². The summed E-state index contributed by atoms with van der Waals surface area (Å²) in [5.74, 6) is 0.431. The number of carbonyl (C=O) groups excluding carboxylic acids is 1. The van der Waals surface area contributed by atoms with E-state index < -0.39 is 22.2 Å². The van der Waals surface area contributed by atoms with Gasteiger partial charge >= 0.3 is 12.0 Å². The van der Waals surface area contributed by atoms with E-state index in [0.29, 0.717) is 24.3 Å². The van der Waals surface area contributed by atoms with Gasteiger partial charge in [-0.05, 0) is 25.7 Å². The normalized spacial score (nSPS) is 29.1. The van der Waals surface area contributed by atoms with Crippen molar-refractivity contribution < 1.29 is 18.9 Å². The van der Waals surface area contributed by atoms with Crippen LogP contribution in [-0.4, -0.2) is 45.4 Å². The summed E-state index contributed by atoms with van der Waals surface area (Å²) in [6.45, 7) is 0.187. The van der Waals surface area contributed by atoms with Crippen molar-refractivity contribution in [2.24, 2.45) is 5.41 Å². The topological polar surface area (TPSA) is 95.5 Å². The van der Waals surface area contributed by atoms with Crippen LogP contribution in [0.2, 0.25) is 0 Å². The molecule has 2 rings (SSSR count). The van der Waals surface area contributed by atoms with Crippen LogP contribution in [0.3, 0.4) is 0 Å². The summed E-state index contributed by atoms with van der Waals surface area (Å²) >= 11 is 0. The fourth-order valence-corrected chi connectivity index (χ4v) is 3.79. The molecular formula is C12H20N2O4S. The highest BCUT2D eigenvalue weighted by Gasteiger charge is 2.44.